The highest BCUT2D eigenvalue weighted by Crippen LogP contribution is 2.22. The van der Waals surface area contributed by atoms with Crippen LogP contribution in [0.3, 0.4) is 0 Å². The molecule has 1 aromatic carbocycles. The van der Waals surface area contributed by atoms with Crippen LogP contribution < -0.4 is 10.6 Å². The van der Waals surface area contributed by atoms with Gasteiger partial charge in [0.15, 0.2) is 0 Å². The minimum atomic E-state index is -0.588. The normalized spacial score (nSPS) is 20.6. The second kappa shape index (κ2) is 10.7. The smallest absolute Gasteiger partial charge is 0.309 e. The Balaban J connectivity index is 1.58. The number of nitrogens with zero attached hydrogens (tertiary/aromatic N) is 2. The molecule has 1 aliphatic carbocycles. The Morgan fingerprint density at radius 2 is 1.62 bits per heavy atom. The van der Waals surface area contributed by atoms with E-state index in [0.29, 0.717) is 6.54 Å². The fourth-order valence-corrected chi connectivity index (χ4v) is 4.22. The summed E-state index contributed by atoms with van der Waals surface area (Å²) in [7, 11) is 2.09. The van der Waals surface area contributed by atoms with Gasteiger partial charge in [-0.15, -0.1) is 0 Å². The lowest BCUT2D eigenvalue weighted by Gasteiger charge is -2.38. The summed E-state index contributed by atoms with van der Waals surface area (Å²) in [6.45, 7) is 3.93. The van der Waals surface area contributed by atoms with Crippen LogP contribution in [0.25, 0.3) is 0 Å². The van der Waals surface area contributed by atoms with Crippen LogP contribution in [0.5, 0.6) is 0 Å². The largest absolute Gasteiger partial charge is 0.346 e. The molecule has 3 rings (SSSR count). The summed E-state index contributed by atoms with van der Waals surface area (Å²) in [6.07, 6.45) is 6.48. The monoisotopic (exact) mass is 404 g/mol. The van der Waals surface area contributed by atoms with E-state index in [1.165, 1.54) is 25.0 Å². The summed E-state index contributed by atoms with van der Waals surface area (Å²) in [4.78, 5) is 29.3. The Bertz CT molecular complexity index is 666. The zero-order chi connectivity index (χ0) is 20.6. The number of halogens is 1. The van der Waals surface area contributed by atoms with Crippen molar-refractivity contribution in [2.45, 2.75) is 50.6 Å². The van der Waals surface area contributed by atoms with Gasteiger partial charge in [-0.3, -0.25) is 14.5 Å². The van der Waals surface area contributed by atoms with Gasteiger partial charge >= 0.3 is 11.8 Å². The quantitative estimate of drug-likeness (QED) is 0.583. The summed E-state index contributed by atoms with van der Waals surface area (Å²) in [5.41, 5.74) is 0.945. The first-order valence-electron chi connectivity index (χ1n) is 10.8. The molecule has 29 heavy (non-hydrogen) atoms. The van der Waals surface area contributed by atoms with E-state index in [9.17, 15) is 14.0 Å². The first-order chi connectivity index (χ1) is 14.0. The van der Waals surface area contributed by atoms with E-state index in [1.54, 1.807) is 12.1 Å². The van der Waals surface area contributed by atoms with Crippen molar-refractivity contribution in [3.63, 3.8) is 0 Å². The lowest BCUT2D eigenvalue weighted by Crippen LogP contribution is -2.50. The van der Waals surface area contributed by atoms with Crippen LogP contribution in [0, 0.1) is 5.82 Å². The molecule has 1 unspecified atom stereocenters. The molecule has 0 aromatic heterocycles. The van der Waals surface area contributed by atoms with Crippen LogP contribution in [0.1, 0.15) is 50.1 Å². The van der Waals surface area contributed by atoms with Crippen molar-refractivity contribution in [1.82, 2.24) is 20.4 Å². The Morgan fingerprint density at radius 1 is 1.00 bits per heavy atom. The van der Waals surface area contributed by atoms with Gasteiger partial charge in [0.2, 0.25) is 0 Å². The molecule has 0 spiro atoms. The molecule has 2 N–H and O–H groups in total. The first kappa shape index (κ1) is 21.7. The highest BCUT2D eigenvalue weighted by molar-refractivity contribution is 6.35. The Hall–Kier alpha value is -1.99. The molecule has 6 nitrogen and oxygen atoms in total. The van der Waals surface area contributed by atoms with E-state index in [-0.39, 0.29) is 17.9 Å². The second-order valence-electron chi connectivity index (χ2n) is 8.28. The van der Waals surface area contributed by atoms with Crippen molar-refractivity contribution in [3.05, 3.63) is 35.6 Å². The molecule has 0 bridgehead atoms. The maximum Gasteiger partial charge on any atom is 0.309 e. The average molecular weight is 405 g/mol. The number of likely N-dealkylation sites (N-methyl/N-ethyl adjacent to an activating group) is 1. The van der Waals surface area contributed by atoms with Gasteiger partial charge in [0, 0.05) is 38.8 Å². The molecule has 1 aliphatic heterocycles. The predicted octanol–water partition coefficient (Wildman–Crippen LogP) is 2.07. The highest BCUT2D eigenvalue weighted by Gasteiger charge is 2.26. The summed E-state index contributed by atoms with van der Waals surface area (Å²) in [6, 6.07) is 6.42. The first-order valence-corrected chi connectivity index (χ1v) is 10.8. The molecule has 1 atom stereocenters. The topological polar surface area (TPSA) is 64.7 Å². The summed E-state index contributed by atoms with van der Waals surface area (Å²) in [5, 5.41) is 5.70. The number of piperazine rings is 1. The van der Waals surface area contributed by atoms with E-state index in [2.05, 4.69) is 27.5 Å². The molecular formula is C22H33FN4O2. The standard InChI is InChI=1S/C22H33FN4O2/c1-26-12-14-27(15-13-26)20(17-8-10-18(23)11-9-17)16-24-21(28)22(29)25-19-6-4-2-3-5-7-19/h8-11,19-20H,2-7,12-16H2,1H3,(H,24,28)(H,25,29). The molecule has 1 saturated carbocycles. The Kier molecular flexibility index (Phi) is 8.00. The lowest BCUT2D eigenvalue weighted by molar-refractivity contribution is -0.139. The summed E-state index contributed by atoms with van der Waals surface area (Å²) in [5.74, 6) is -1.42. The highest BCUT2D eigenvalue weighted by atomic mass is 19.1. The van der Waals surface area contributed by atoms with Crippen LogP contribution in [0.4, 0.5) is 4.39 Å². The molecular weight excluding hydrogens is 371 g/mol. The summed E-state index contributed by atoms with van der Waals surface area (Å²) < 4.78 is 13.4. The zero-order valence-corrected chi connectivity index (χ0v) is 17.3. The van der Waals surface area contributed by atoms with Gasteiger partial charge in [0.25, 0.3) is 0 Å². The maximum atomic E-state index is 13.4. The van der Waals surface area contributed by atoms with Crippen LogP contribution >= 0.6 is 0 Å². The third kappa shape index (κ3) is 6.51. The van der Waals surface area contributed by atoms with Crippen molar-refractivity contribution in [3.8, 4) is 0 Å². The van der Waals surface area contributed by atoms with Crippen molar-refractivity contribution >= 4 is 11.8 Å². The SMILES string of the molecule is CN1CCN(C(CNC(=O)C(=O)NC2CCCCCC2)c2ccc(F)cc2)CC1. The van der Waals surface area contributed by atoms with Gasteiger partial charge in [-0.05, 0) is 37.6 Å². The lowest BCUT2D eigenvalue weighted by atomic mass is 10.0. The van der Waals surface area contributed by atoms with Crippen LogP contribution in [0.2, 0.25) is 0 Å². The van der Waals surface area contributed by atoms with Gasteiger partial charge < -0.3 is 15.5 Å². The van der Waals surface area contributed by atoms with Crippen LogP contribution in [-0.4, -0.2) is 67.4 Å². The van der Waals surface area contributed by atoms with Crippen LogP contribution in [-0.2, 0) is 9.59 Å². The van der Waals surface area contributed by atoms with Gasteiger partial charge in [0.05, 0.1) is 6.04 Å². The van der Waals surface area contributed by atoms with Gasteiger partial charge in [0.1, 0.15) is 5.82 Å². The molecule has 1 saturated heterocycles. The molecule has 2 fully saturated rings. The predicted molar refractivity (Wildman–Crippen MR) is 111 cm³/mol. The minimum Gasteiger partial charge on any atom is -0.346 e. The fourth-order valence-electron chi connectivity index (χ4n) is 4.22. The van der Waals surface area contributed by atoms with Crippen LogP contribution in [0.15, 0.2) is 24.3 Å². The average Bonchev–Trinajstić information content (AvgIpc) is 2.99. The molecule has 0 radical (unpaired) electrons. The van der Waals surface area contributed by atoms with E-state index in [4.69, 9.17) is 0 Å². The number of rotatable bonds is 5. The number of nitrogens with one attached hydrogen (secondary N) is 2. The van der Waals surface area contributed by atoms with Crippen molar-refractivity contribution in [2.24, 2.45) is 0 Å². The fraction of sp³-hybridized carbons (Fsp3) is 0.636. The van der Waals surface area contributed by atoms with Crippen molar-refractivity contribution in [1.29, 1.82) is 0 Å². The molecule has 2 amide bonds. The van der Waals surface area contributed by atoms with E-state index in [0.717, 1.165) is 57.4 Å². The molecule has 160 valence electrons. The Morgan fingerprint density at radius 3 is 2.24 bits per heavy atom. The third-order valence-corrected chi connectivity index (χ3v) is 6.09. The number of hydrogen-bond donors (Lipinski definition) is 2. The number of hydrogen-bond acceptors (Lipinski definition) is 4. The van der Waals surface area contributed by atoms with E-state index >= 15 is 0 Å². The summed E-state index contributed by atoms with van der Waals surface area (Å²) >= 11 is 0. The molecule has 1 aromatic rings. The minimum absolute atomic E-state index is 0.0843. The van der Waals surface area contributed by atoms with Gasteiger partial charge in [-0.1, -0.05) is 37.8 Å². The Labute approximate surface area is 172 Å². The zero-order valence-electron chi connectivity index (χ0n) is 17.3. The maximum absolute atomic E-state index is 13.4. The van der Waals surface area contributed by atoms with Crippen molar-refractivity contribution < 1.29 is 14.0 Å². The molecule has 2 aliphatic rings. The number of amides is 2. The van der Waals surface area contributed by atoms with E-state index < -0.39 is 11.8 Å². The number of benzene rings is 1. The number of carbonyl (C=O) groups is 2. The van der Waals surface area contributed by atoms with Gasteiger partial charge in [-0.25, -0.2) is 4.39 Å². The molecule has 1 heterocycles. The van der Waals surface area contributed by atoms with E-state index in [1.807, 2.05) is 0 Å². The van der Waals surface area contributed by atoms with Gasteiger partial charge in [-0.2, -0.15) is 0 Å². The third-order valence-electron chi connectivity index (χ3n) is 6.09. The molecule has 7 heteroatoms. The second-order valence-corrected chi connectivity index (χ2v) is 8.28. The van der Waals surface area contributed by atoms with Crippen molar-refractivity contribution in [2.75, 3.05) is 39.8 Å². The number of carbonyl (C=O) groups excluding carboxylic acids is 2.